The smallest absolute Gasteiger partial charge is 0.250 e. The number of fused-ring (bicyclic) bond motifs is 1. The predicted molar refractivity (Wildman–Crippen MR) is 147 cm³/mol. The molecule has 0 radical (unpaired) electrons. The first-order chi connectivity index (χ1) is 18.2. The van der Waals surface area contributed by atoms with Crippen LogP contribution in [0.2, 0.25) is 0 Å². The van der Waals surface area contributed by atoms with Gasteiger partial charge in [0.2, 0.25) is 5.91 Å². The van der Waals surface area contributed by atoms with E-state index in [1.807, 2.05) is 23.4 Å². The van der Waals surface area contributed by atoms with E-state index < -0.39 is 5.82 Å². The third-order valence-electron chi connectivity index (χ3n) is 8.11. The average molecular weight is 519 g/mol. The number of anilines is 2. The molecule has 8 nitrogen and oxygen atoms in total. The van der Waals surface area contributed by atoms with Crippen LogP contribution in [0.25, 0.3) is 22.3 Å². The highest BCUT2D eigenvalue weighted by Crippen LogP contribution is 2.47. The van der Waals surface area contributed by atoms with Crippen LogP contribution >= 0.6 is 0 Å². The Labute approximate surface area is 222 Å². The Morgan fingerprint density at radius 3 is 2.45 bits per heavy atom. The monoisotopic (exact) mass is 518 g/mol. The third-order valence-corrected chi connectivity index (χ3v) is 8.11. The van der Waals surface area contributed by atoms with Crippen LogP contribution < -0.4 is 11.1 Å². The summed E-state index contributed by atoms with van der Waals surface area (Å²) < 4.78 is 17.7. The molecule has 0 spiro atoms. The Morgan fingerprint density at radius 1 is 1.13 bits per heavy atom. The van der Waals surface area contributed by atoms with Gasteiger partial charge in [-0.05, 0) is 81.5 Å². The number of carbonyl (C=O) groups is 2. The molecule has 2 amide bonds. The largest absolute Gasteiger partial charge is 0.383 e. The van der Waals surface area contributed by atoms with Gasteiger partial charge in [0, 0.05) is 42.9 Å². The highest BCUT2D eigenvalue weighted by molar-refractivity contribution is 6.03. The molecule has 5 rings (SSSR count). The first kappa shape index (κ1) is 25.9. The number of amides is 2. The minimum absolute atomic E-state index is 0.0334. The zero-order chi connectivity index (χ0) is 27.1. The van der Waals surface area contributed by atoms with Crippen LogP contribution in [-0.4, -0.2) is 44.3 Å². The van der Waals surface area contributed by atoms with Crippen molar-refractivity contribution in [1.82, 2.24) is 19.4 Å². The number of aromatic nitrogens is 3. The summed E-state index contributed by atoms with van der Waals surface area (Å²) in [5.74, 6) is -0.0391. The van der Waals surface area contributed by atoms with Crippen molar-refractivity contribution in [1.29, 1.82) is 0 Å². The number of nitrogens with one attached hydrogen (secondary N) is 1. The van der Waals surface area contributed by atoms with E-state index in [9.17, 15) is 9.59 Å². The molecule has 1 aromatic carbocycles. The Morgan fingerprint density at radius 2 is 1.82 bits per heavy atom. The third kappa shape index (κ3) is 4.54. The van der Waals surface area contributed by atoms with E-state index in [2.05, 4.69) is 21.9 Å². The Balaban J connectivity index is 1.55. The lowest BCUT2D eigenvalue weighted by atomic mass is 9.76. The first-order valence-corrected chi connectivity index (χ1v) is 13.3. The number of nitrogens with two attached hydrogens (primary N) is 1. The van der Waals surface area contributed by atoms with Gasteiger partial charge in [-0.2, -0.15) is 0 Å². The Kier molecular flexibility index (Phi) is 6.94. The van der Waals surface area contributed by atoms with Crippen molar-refractivity contribution in [3.8, 4) is 11.3 Å². The molecule has 2 aliphatic rings. The summed E-state index contributed by atoms with van der Waals surface area (Å²) in [5, 5.41) is 3.45. The van der Waals surface area contributed by atoms with Crippen molar-refractivity contribution in [3.63, 3.8) is 0 Å². The number of hydrogen-bond donors (Lipinski definition) is 2. The minimum atomic E-state index is -0.446. The fourth-order valence-corrected chi connectivity index (χ4v) is 6.19. The van der Waals surface area contributed by atoms with Gasteiger partial charge in [-0.25, -0.2) is 14.4 Å². The number of nitrogen functional groups attached to an aromatic ring is 1. The summed E-state index contributed by atoms with van der Waals surface area (Å²) in [5.41, 5.74) is 10.5. The number of benzene rings is 1. The van der Waals surface area contributed by atoms with Crippen LogP contribution in [-0.2, 0) is 16.6 Å². The van der Waals surface area contributed by atoms with Gasteiger partial charge in [0.25, 0.3) is 5.91 Å². The Hall–Kier alpha value is -3.75. The van der Waals surface area contributed by atoms with Crippen LogP contribution in [0.5, 0.6) is 0 Å². The minimum Gasteiger partial charge on any atom is -0.383 e. The molecule has 0 unspecified atom stereocenters. The van der Waals surface area contributed by atoms with Gasteiger partial charge < -0.3 is 20.5 Å². The molecule has 200 valence electrons. The van der Waals surface area contributed by atoms with E-state index in [-0.39, 0.29) is 23.7 Å². The maximum atomic E-state index is 15.8. The second-order valence-corrected chi connectivity index (χ2v) is 10.7. The fourth-order valence-electron chi connectivity index (χ4n) is 6.19. The predicted octanol–water partition coefficient (Wildman–Crippen LogP) is 5.08. The molecule has 3 N–H and O–H groups in total. The van der Waals surface area contributed by atoms with Crippen LogP contribution in [0.1, 0.15) is 62.5 Å². The van der Waals surface area contributed by atoms with Gasteiger partial charge in [0.15, 0.2) is 0 Å². The lowest BCUT2D eigenvalue weighted by Gasteiger charge is -2.31. The van der Waals surface area contributed by atoms with E-state index in [0.29, 0.717) is 39.5 Å². The molecular formula is C29H35FN6O2. The zero-order valence-electron chi connectivity index (χ0n) is 22.3. The van der Waals surface area contributed by atoms with Crippen LogP contribution in [0.3, 0.4) is 0 Å². The molecule has 1 saturated heterocycles. The van der Waals surface area contributed by atoms with E-state index in [0.717, 1.165) is 62.6 Å². The highest BCUT2D eigenvalue weighted by Gasteiger charge is 2.35. The Bertz CT molecular complexity index is 1410. The van der Waals surface area contributed by atoms with Gasteiger partial charge in [-0.15, -0.1) is 0 Å². The summed E-state index contributed by atoms with van der Waals surface area (Å²) in [4.78, 5) is 35.9. The second kappa shape index (κ2) is 10.2. The van der Waals surface area contributed by atoms with Crippen LogP contribution in [0.15, 0.2) is 30.6 Å². The van der Waals surface area contributed by atoms with Crippen LogP contribution in [0.4, 0.5) is 15.9 Å². The van der Waals surface area contributed by atoms with Gasteiger partial charge >= 0.3 is 0 Å². The molecule has 2 aromatic heterocycles. The molecule has 1 aliphatic heterocycles. The summed E-state index contributed by atoms with van der Waals surface area (Å²) in [7, 11) is 1.87. The second-order valence-electron chi connectivity index (χ2n) is 10.7. The maximum absolute atomic E-state index is 15.8. The van der Waals surface area contributed by atoms with E-state index in [1.54, 1.807) is 13.0 Å². The van der Waals surface area contributed by atoms with Crippen molar-refractivity contribution in [3.05, 3.63) is 47.6 Å². The number of likely N-dealkylation sites (tertiary alicyclic amines) is 1. The topological polar surface area (TPSA) is 106 Å². The lowest BCUT2D eigenvalue weighted by molar-refractivity contribution is -0.135. The molecule has 3 heterocycles. The van der Waals surface area contributed by atoms with Crippen molar-refractivity contribution in [2.45, 2.75) is 58.3 Å². The van der Waals surface area contributed by atoms with E-state index >= 15 is 4.39 Å². The standard InChI is InChI=1S/C29H35FN6O2/c1-16(2)28(37)34-20-13-17(3)22(21(30)14-20)25-23(24-26(31)32-15-33-27(24)35(25)4)18-7-9-19(10-8-18)29(38)36-11-5-6-12-36/h13-15,18-19H,1,5-12H2,2-4H3,(H,34,37)(H2,31,32,33). The normalized spacial score (nSPS) is 19.6. The molecule has 0 atom stereocenters. The number of nitrogens with zero attached hydrogens (tertiary/aromatic N) is 4. The van der Waals surface area contributed by atoms with Crippen LogP contribution in [0, 0.1) is 18.7 Å². The van der Waals surface area contributed by atoms with E-state index in [1.165, 1.54) is 12.4 Å². The average Bonchev–Trinajstić information content (AvgIpc) is 3.52. The highest BCUT2D eigenvalue weighted by atomic mass is 19.1. The van der Waals surface area contributed by atoms with Crippen molar-refractivity contribution in [2.75, 3.05) is 24.1 Å². The molecule has 9 heteroatoms. The van der Waals surface area contributed by atoms with Crippen molar-refractivity contribution < 1.29 is 14.0 Å². The quantitative estimate of drug-likeness (QED) is 0.459. The van der Waals surface area contributed by atoms with Crippen molar-refractivity contribution in [2.24, 2.45) is 13.0 Å². The fraction of sp³-hybridized carbons (Fsp3) is 0.448. The summed E-state index contributed by atoms with van der Waals surface area (Å²) in [6, 6.07) is 3.10. The van der Waals surface area contributed by atoms with Gasteiger partial charge in [-0.1, -0.05) is 6.58 Å². The van der Waals surface area contributed by atoms with Crippen molar-refractivity contribution >= 4 is 34.4 Å². The van der Waals surface area contributed by atoms with Gasteiger partial charge in [-0.3, -0.25) is 9.59 Å². The number of carbonyl (C=O) groups excluding carboxylic acids is 2. The summed E-state index contributed by atoms with van der Waals surface area (Å²) >= 11 is 0. The van der Waals surface area contributed by atoms with Gasteiger partial charge in [0.1, 0.15) is 23.6 Å². The number of hydrogen-bond acceptors (Lipinski definition) is 5. The molecule has 0 bridgehead atoms. The van der Waals surface area contributed by atoms with E-state index in [4.69, 9.17) is 5.73 Å². The maximum Gasteiger partial charge on any atom is 0.250 e. The SMILES string of the molecule is C=C(C)C(=O)Nc1cc(C)c(-c2c(C3CCC(C(=O)N4CCCC4)CC3)c3c(N)ncnc3n2C)c(F)c1. The number of aryl methyl sites for hydroxylation is 2. The molecule has 1 saturated carbocycles. The molecular weight excluding hydrogens is 483 g/mol. The number of rotatable bonds is 5. The zero-order valence-corrected chi connectivity index (χ0v) is 22.3. The molecule has 2 fully saturated rings. The summed E-state index contributed by atoms with van der Waals surface area (Å²) in [6.45, 7) is 8.81. The van der Waals surface area contributed by atoms with Gasteiger partial charge in [0.05, 0.1) is 11.1 Å². The molecule has 1 aliphatic carbocycles. The lowest BCUT2D eigenvalue weighted by Crippen LogP contribution is -2.35. The molecule has 38 heavy (non-hydrogen) atoms. The molecule has 3 aromatic rings. The number of halogens is 1. The first-order valence-electron chi connectivity index (χ1n) is 13.3. The summed E-state index contributed by atoms with van der Waals surface area (Å²) in [6.07, 6.45) is 6.78.